The molecule has 0 amide bonds. The number of aliphatic hydroxyl groups excluding tert-OH is 1. The molecule has 7 heteroatoms. The zero-order chi connectivity index (χ0) is 15.6. The van der Waals surface area contributed by atoms with Crippen LogP contribution in [-0.2, 0) is 9.53 Å². The summed E-state index contributed by atoms with van der Waals surface area (Å²) in [5.41, 5.74) is 5.20. The number of aliphatic hydroxyl groups is 1. The molecule has 1 aromatic heterocycles. The van der Waals surface area contributed by atoms with Crippen molar-refractivity contribution in [2.75, 3.05) is 18.9 Å². The number of rotatable bonds is 5. The van der Waals surface area contributed by atoms with Gasteiger partial charge in [0.1, 0.15) is 12.4 Å². The second kappa shape index (κ2) is 5.69. The molecule has 0 saturated heterocycles. The fraction of sp³-hybridized carbons (Fsp3) is 0.500. The number of carbonyl (C=O) groups excluding carboxylic acids is 1. The Morgan fingerprint density at radius 1 is 1.67 bits per heavy atom. The maximum absolute atomic E-state index is 11.6. The average molecular weight is 293 g/mol. The Bertz CT molecular complexity index is 635. The summed E-state index contributed by atoms with van der Waals surface area (Å²) in [5.74, 6) is -0.360. The second-order valence-corrected chi connectivity index (χ2v) is 5.57. The van der Waals surface area contributed by atoms with Gasteiger partial charge in [-0.3, -0.25) is 9.36 Å². The molecule has 0 spiro atoms. The van der Waals surface area contributed by atoms with E-state index < -0.39 is 11.1 Å². The Morgan fingerprint density at radius 3 is 2.95 bits per heavy atom. The monoisotopic (exact) mass is 293 g/mol. The van der Waals surface area contributed by atoms with E-state index in [1.165, 1.54) is 16.8 Å². The van der Waals surface area contributed by atoms with Gasteiger partial charge in [0, 0.05) is 12.4 Å². The van der Waals surface area contributed by atoms with Crippen LogP contribution in [0.5, 0.6) is 0 Å². The highest BCUT2D eigenvalue weighted by atomic mass is 16.5. The maximum Gasteiger partial charge on any atom is 0.353 e. The lowest BCUT2D eigenvalue weighted by molar-refractivity contribution is -0.149. The van der Waals surface area contributed by atoms with Gasteiger partial charge in [-0.2, -0.15) is 4.98 Å². The highest BCUT2D eigenvalue weighted by Gasteiger charge is 2.50. The summed E-state index contributed by atoms with van der Waals surface area (Å²) in [6.07, 6.45) is 3.69. The second-order valence-electron chi connectivity index (χ2n) is 5.57. The van der Waals surface area contributed by atoms with Crippen molar-refractivity contribution in [3.05, 3.63) is 28.3 Å². The molecule has 1 fully saturated rings. The number of esters is 1. The molecule has 3 N–H and O–H groups in total. The highest BCUT2D eigenvalue weighted by Crippen LogP contribution is 2.52. The number of nitrogen functional groups attached to an aromatic ring is 1. The highest BCUT2D eigenvalue weighted by molar-refractivity contribution is 5.71. The minimum absolute atomic E-state index is 0.115. The fourth-order valence-corrected chi connectivity index (χ4v) is 1.92. The van der Waals surface area contributed by atoms with Crippen molar-refractivity contribution in [3.63, 3.8) is 0 Å². The van der Waals surface area contributed by atoms with Gasteiger partial charge in [0.15, 0.2) is 0 Å². The van der Waals surface area contributed by atoms with E-state index in [9.17, 15) is 14.7 Å². The van der Waals surface area contributed by atoms with E-state index in [2.05, 4.69) is 4.98 Å². The molecule has 1 aliphatic carbocycles. The first-order chi connectivity index (χ1) is 9.88. The summed E-state index contributed by atoms with van der Waals surface area (Å²) in [4.78, 5) is 26.7. The molecule has 1 heterocycles. The summed E-state index contributed by atoms with van der Waals surface area (Å²) in [6, 6.07) is 1.51. The summed E-state index contributed by atoms with van der Waals surface area (Å²) < 4.78 is 6.48. The number of nitrogens with two attached hydrogens (primary N) is 1. The summed E-state index contributed by atoms with van der Waals surface area (Å²) in [7, 11) is 0. The molecule has 1 aliphatic rings. The van der Waals surface area contributed by atoms with Crippen molar-refractivity contribution >= 4 is 18.0 Å². The zero-order valence-electron chi connectivity index (χ0n) is 12.1. The Morgan fingerprint density at radius 2 is 2.38 bits per heavy atom. The Hall–Kier alpha value is -2.15. The van der Waals surface area contributed by atoms with Crippen molar-refractivity contribution < 1.29 is 14.6 Å². The molecule has 1 atom stereocenters. The number of nitrogens with zero attached hydrogens (tertiary/aromatic N) is 2. The van der Waals surface area contributed by atoms with Gasteiger partial charge in [0.25, 0.3) is 0 Å². The van der Waals surface area contributed by atoms with Crippen LogP contribution in [-0.4, -0.2) is 33.8 Å². The minimum atomic E-state index is -0.578. The number of hydrogen-bond acceptors (Lipinski definition) is 6. The van der Waals surface area contributed by atoms with Crippen LogP contribution in [0.1, 0.15) is 20.3 Å². The molecule has 7 nitrogen and oxygen atoms in total. The third-order valence-corrected chi connectivity index (χ3v) is 3.50. The molecule has 1 aromatic rings. The van der Waals surface area contributed by atoms with E-state index in [4.69, 9.17) is 10.5 Å². The van der Waals surface area contributed by atoms with Crippen LogP contribution >= 0.6 is 0 Å². The largest absolute Gasteiger partial charge is 0.464 e. The van der Waals surface area contributed by atoms with Gasteiger partial charge in [-0.25, -0.2) is 4.79 Å². The van der Waals surface area contributed by atoms with Crippen LogP contribution < -0.4 is 11.4 Å². The molecule has 2 rings (SSSR count). The van der Waals surface area contributed by atoms with Crippen molar-refractivity contribution in [1.29, 1.82) is 0 Å². The lowest BCUT2D eigenvalue weighted by Crippen LogP contribution is -2.22. The van der Waals surface area contributed by atoms with Gasteiger partial charge < -0.3 is 15.6 Å². The van der Waals surface area contributed by atoms with Crippen molar-refractivity contribution in [2.45, 2.75) is 20.3 Å². The predicted octanol–water partition coefficient (Wildman–Crippen LogP) is 0.248. The number of ether oxygens (including phenoxy) is 1. The topological polar surface area (TPSA) is 107 Å². The maximum atomic E-state index is 11.6. The fourth-order valence-electron chi connectivity index (χ4n) is 1.92. The van der Waals surface area contributed by atoms with Crippen molar-refractivity contribution in [2.24, 2.45) is 11.3 Å². The molecule has 0 radical (unpaired) electrons. The standard InChI is InChI=1S/C14H19N3O4/c1-9(2)12(19)21-8-14(7-18)5-10(14)6-17-4-3-11(15)16-13(17)20/h3-4,6,9,18H,5,7-8H2,1-2H3,(H2,15,16,20)/b10-6-/t14-/m0/s1. The SMILES string of the molecule is CC(C)C(=O)OC[C@@]1(CO)C/C1=C/n1ccc(N)nc1=O. The molecule has 114 valence electrons. The molecular weight excluding hydrogens is 274 g/mol. The molecule has 0 aromatic carbocycles. The quantitative estimate of drug-likeness (QED) is 0.753. The first-order valence-corrected chi connectivity index (χ1v) is 6.71. The first kappa shape index (κ1) is 15.2. The van der Waals surface area contributed by atoms with E-state index in [1.807, 2.05) is 0 Å². The van der Waals surface area contributed by atoms with Gasteiger partial charge in [0.05, 0.1) is 17.9 Å². The van der Waals surface area contributed by atoms with E-state index in [0.717, 1.165) is 5.57 Å². The molecule has 0 aliphatic heterocycles. The number of hydrogen-bond donors (Lipinski definition) is 2. The van der Waals surface area contributed by atoms with Crippen LogP contribution in [0.25, 0.3) is 6.20 Å². The number of aromatic nitrogens is 2. The number of anilines is 1. The minimum Gasteiger partial charge on any atom is -0.464 e. The van der Waals surface area contributed by atoms with Crippen LogP contribution in [0, 0.1) is 11.3 Å². The smallest absolute Gasteiger partial charge is 0.353 e. The molecular formula is C14H19N3O4. The first-order valence-electron chi connectivity index (χ1n) is 6.71. The Balaban J connectivity index is 2.10. The predicted molar refractivity (Wildman–Crippen MR) is 77.1 cm³/mol. The van der Waals surface area contributed by atoms with E-state index in [1.54, 1.807) is 20.0 Å². The van der Waals surface area contributed by atoms with E-state index >= 15 is 0 Å². The van der Waals surface area contributed by atoms with E-state index in [0.29, 0.717) is 6.42 Å². The lowest BCUT2D eigenvalue weighted by atomic mass is 10.1. The Labute approximate surface area is 122 Å². The van der Waals surface area contributed by atoms with Crippen molar-refractivity contribution in [3.8, 4) is 0 Å². The normalized spacial score (nSPS) is 22.6. The third kappa shape index (κ3) is 3.30. The van der Waals surface area contributed by atoms with Crippen LogP contribution in [0.3, 0.4) is 0 Å². The van der Waals surface area contributed by atoms with Crippen molar-refractivity contribution in [1.82, 2.24) is 9.55 Å². The summed E-state index contributed by atoms with van der Waals surface area (Å²) in [6.45, 7) is 3.47. The van der Waals surface area contributed by atoms with Gasteiger partial charge in [-0.05, 0) is 18.1 Å². The van der Waals surface area contributed by atoms with Gasteiger partial charge in [-0.1, -0.05) is 13.8 Å². The Kier molecular flexibility index (Phi) is 4.13. The molecule has 0 unspecified atom stereocenters. The van der Waals surface area contributed by atoms with Gasteiger partial charge in [0.2, 0.25) is 0 Å². The van der Waals surface area contributed by atoms with Crippen LogP contribution in [0.4, 0.5) is 5.82 Å². The third-order valence-electron chi connectivity index (χ3n) is 3.50. The molecule has 21 heavy (non-hydrogen) atoms. The molecule has 1 saturated carbocycles. The average Bonchev–Trinajstić information content (AvgIpc) is 3.13. The lowest BCUT2D eigenvalue weighted by Gasteiger charge is -2.13. The number of carbonyl (C=O) groups is 1. The zero-order valence-corrected chi connectivity index (χ0v) is 12.1. The summed E-state index contributed by atoms with van der Waals surface area (Å²) in [5, 5.41) is 9.51. The summed E-state index contributed by atoms with van der Waals surface area (Å²) >= 11 is 0. The van der Waals surface area contributed by atoms with Gasteiger partial charge >= 0.3 is 11.7 Å². The molecule has 0 bridgehead atoms. The van der Waals surface area contributed by atoms with Crippen LogP contribution in [0.2, 0.25) is 0 Å². The van der Waals surface area contributed by atoms with E-state index in [-0.39, 0.29) is 30.9 Å². The van der Waals surface area contributed by atoms with Crippen LogP contribution in [0.15, 0.2) is 22.6 Å². The van der Waals surface area contributed by atoms with Gasteiger partial charge in [-0.15, -0.1) is 0 Å².